The minimum atomic E-state index is -2.07. The van der Waals surface area contributed by atoms with Gasteiger partial charge in [0.2, 0.25) is 0 Å². The summed E-state index contributed by atoms with van der Waals surface area (Å²) in [5, 5.41) is 29.9. The van der Waals surface area contributed by atoms with Crippen LogP contribution >= 0.6 is 0 Å². The van der Waals surface area contributed by atoms with Crippen molar-refractivity contribution in [3.05, 3.63) is 0 Å². The fourth-order valence-electron chi connectivity index (χ4n) is 3.17. The predicted octanol–water partition coefficient (Wildman–Crippen LogP) is 1.75. The topological polar surface area (TPSA) is 97.6 Å². The summed E-state index contributed by atoms with van der Waals surface area (Å²) in [5.74, 6) is 0. The van der Waals surface area contributed by atoms with E-state index in [2.05, 4.69) is 33.9 Å². The van der Waals surface area contributed by atoms with Gasteiger partial charge in [0.05, 0.1) is 24.4 Å². The van der Waals surface area contributed by atoms with Crippen molar-refractivity contribution in [2.75, 3.05) is 0 Å². The Bertz CT molecular complexity index is 455. The van der Waals surface area contributed by atoms with Gasteiger partial charge in [-0.2, -0.15) is 0 Å². The van der Waals surface area contributed by atoms with E-state index in [9.17, 15) is 15.3 Å². The van der Waals surface area contributed by atoms with Crippen molar-refractivity contribution in [2.24, 2.45) is 0 Å². The molecular weight excluding hydrogens is 356 g/mol. The van der Waals surface area contributed by atoms with Crippen LogP contribution in [0.4, 0.5) is 0 Å². The van der Waals surface area contributed by atoms with E-state index in [0.29, 0.717) is 6.42 Å². The Morgan fingerprint density at radius 2 is 1.58 bits per heavy atom. The van der Waals surface area contributed by atoms with Gasteiger partial charge < -0.3 is 34.0 Å². The van der Waals surface area contributed by atoms with Crippen molar-refractivity contribution in [1.82, 2.24) is 0 Å². The molecule has 0 aromatic rings. The lowest BCUT2D eigenvalue weighted by molar-refractivity contribution is -0.305. The fraction of sp³-hybridized carbons (Fsp3) is 1.00. The van der Waals surface area contributed by atoms with Gasteiger partial charge in [-0.1, -0.05) is 20.8 Å². The summed E-state index contributed by atoms with van der Waals surface area (Å²) in [4.78, 5) is 0. The molecule has 0 aromatic heterocycles. The zero-order valence-corrected chi connectivity index (χ0v) is 18.0. The van der Waals surface area contributed by atoms with E-state index < -0.39 is 45.3 Å². The van der Waals surface area contributed by atoms with Gasteiger partial charge in [0.25, 0.3) is 0 Å². The number of hydrogen-bond acceptors (Lipinski definition) is 7. The Balaban J connectivity index is 2.12. The van der Waals surface area contributed by atoms with Crippen LogP contribution in [0.5, 0.6) is 0 Å². The number of rotatable bonds is 4. The maximum absolute atomic E-state index is 10.0. The van der Waals surface area contributed by atoms with Crippen molar-refractivity contribution >= 4 is 8.32 Å². The Kier molecular flexibility index (Phi) is 6.95. The molecule has 2 aliphatic heterocycles. The van der Waals surface area contributed by atoms with Crippen molar-refractivity contribution < 1.29 is 34.0 Å². The Morgan fingerprint density at radius 3 is 2.12 bits per heavy atom. The van der Waals surface area contributed by atoms with Gasteiger partial charge in [-0.15, -0.1) is 0 Å². The number of hydrogen-bond donors (Lipinski definition) is 3. The molecule has 0 aliphatic carbocycles. The predicted molar refractivity (Wildman–Crippen MR) is 99.1 cm³/mol. The monoisotopic (exact) mass is 392 g/mol. The molecule has 0 saturated carbocycles. The van der Waals surface area contributed by atoms with E-state index >= 15 is 0 Å². The molecule has 7 nitrogen and oxygen atoms in total. The molecule has 2 heterocycles. The van der Waals surface area contributed by atoms with E-state index in [-0.39, 0.29) is 23.7 Å². The molecule has 26 heavy (non-hydrogen) atoms. The van der Waals surface area contributed by atoms with Crippen LogP contribution in [0.25, 0.3) is 0 Å². The first-order valence-corrected chi connectivity index (χ1v) is 12.4. The van der Waals surface area contributed by atoms with Crippen LogP contribution < -0.4 is 0 Å². The van der Waals surface area contributed by atoms with Gasteiger partial charge in [-0.05, 0) is 32.0 Å². The third kappa shape index (κ3) is 5.05. The van der Waals surface area contributed by atoms with Crippen LogP contribution in [0, 0.1) is 0 Å². The zero-order valence-electron chi connectivity index (χ0n) is 17.0. The SMILES string of the molecule is C[C@H]1O[C@@H](O[C@@H]2[C@@H](C)O[C@@H](O)C[C@H]2O[Si](C)(C)C(C)(C)C)C[C@H](O)[C@@H]1O. The summed E-state index contributed by atoms with van der Waals surface area (Å²) in [5.41, 5.74) is 0. The molecule has 0 bridgehead atoms. The van der Waals surface area contributed by atoms with E-state index in [0.717, 1.165) is 0 Å². The molecule has 3 N–H and O–H groups in total. The summed E-state index contributed by atoms with van der Waals surface area (Å²) in [7, 11) is -2.07. The second-order valence-corrected chi connectivity index (χ2v) is 13.9. The summed E-state index contributed by atoms with van der Waals surface area (Å²) >= 11 is 0. The lowest BCUT2D eigenvalue weighted by atomic mass is 10.0. The van der Waals surface area contributed by atoms with Crippen molar-refractivity contribution in [3.63, 3.8) is 0 Å². The lowest BCUT2D eigenvalue weighted by Gasteiger charge is -2.47. The third-order valence-electron chi connectivity index (χ3n) is 5.87. The van der Waals surface area contributed by atoms with E-state index in [1.165, 1.54) is 0 Å². The molecule has 2 aliphatic rings. The highest BCUT2D eigenvalue weighted by molar-refractivity contribution is 6.74. The molecule has 2 rings (SSSR count). The highest BCUT2D eigenvalue weighted by Gasteiger charge is 2.46. The van der Waals surface area contributed by atoms with Crippen molar-refractivity contribution in [3.8, 4) is 0 Å². The van der Waals surface area contributed by atoms with Crippen LogP contribution in [0.2, 0.25) is 18.1 Å². The number of aliphatic hydroxyl groups is 3. The van der Waals surface area contributed by atoms with Gasteiger partial charge >= 0.3 is 0 Å². The Hall–Kier alpha value is -0.0631. The Labute approximate surface area is 157 Å². The third-order valence-corrected chi connectivity index (χ3v) is 10.4. The molecule has 0 aromatic carbocycles. The zero-order chi connectivity index (χ0) is 19.9. The van der Waals surface area contributed by atoms with Crippen molar-refractivity contribution in [2.45, 2.75) is 115 Å². The standard InChI is InChI=1S/C18H36O7Si/c1-10-16(21)12(19)8-15(23-10)24-17-11(2)22-14(20)9-13(17)25-26(6,7)18(3,4)5/h10-17,19-21H,8-9H2,1-7H3/t10-,11-,12+,13-,14-,15+,16-,17-/m1/s1. The molecule has 2 saturated heterocycles. The molecule has 0 unspecified atom stereocenters. The van der Waals surface area contributed by atoms with Gasteiger partial charge in [-0.25, -0.2) is 0 Å². The average molecular weight is 393 g/mol. The fourth-order valence-corrected chi connectivity index (χ4v) is 4.51. The van der Waals surface area contributed by atoms with Crippen molar-refractivity contribution in [1.29, 1.82) is 0 Å². The van der Waals surface area contributed by atoms with Crippen LogP contribution in [0.3, 0.4) is 0 Å². The maximum Gasteiger partial charge on any atom is 0.192 e. The average Bonchev–Trinajstić information content (AvgIpc) is 2.46. The first-order valence-electron chi connectivity index (χ1n) is 9.50. The highest BCUT2D eigenvalue weighted by atomic mass is 28.4. The Morgan fingerprint density at radius 1 is 0.962 bits per heavy atom. The lowest BCUT2D eigenvalue weighted by Crippen LogP contribution is -2.57. The second-order valence-electron chi connectivity index (χ2n) is 9.11. The minimum absolute atomic E-state index is 0.0280. The molecule has 8 atom stereocenters. The summed E-state index contributed by atoms with van der Waals surface area (Å²) in [6, 6.07) is 0. The van der Waals surface area contributed by atoms with Gasteiger partial charge in [0.15, 0.2) is 20.9 Å². The van der Waals surface area contributed by atoms with Gasteiger partial charge in [0, 0.05) is 12.8 Å². The molecule has 0 radical (unpaired) electrons. The molecular formula is C18H36O7Si. The molecule has 0 spiro atoms. The number of aliphatic hydroxyl groups excluding tert-OH is 3. The quantitative estimate of drug-likeness (QED) is 0.627. The smallest absolute Gasteiger partial charge is 0.192 e. The molecule has 2 fully saturated rings. The van der Waals surface area contributed by atoms with E-state index in [1.807, 2.05) is 6.92 Å². The van der Waals surface area contributed by atoms with E-state index in [1.54, 1.807) is 6.92 Å². The molecule has 0 amide bonds. The normalized spacial score (nSPS) is 42.7. The highest BCUT2D eigenvalue weighted by Crippen LogP contribution is 2.40. The van der Waals surface area contributed by atoms with Crippen LogP contribution in [-0.2, 0) is 18.6 Å². The van der Waals surface area contributed by atoms with Crippen LogP contribution in [-0.4, -0.2) is 72.8 Å². The maximum atomic E-state index is 10.0. The van der Waals surface area contributed by atoms with Crippen LogP contribution in [0.1, 0.15) is 47.5 Å². The van der Waals surface area contributed by atoms with Gasteiger partial charge in [-0.3, -0.25) is 0 Å². The van der Waals surface area contributed by atoms with E-state index in [4.69, 9.17) is 18.6 Å². The first kappa shape index (κ1) is 22.2. The summed E-state index contributed by atoms with van der Waals surface area (Å²) in [6.45, 7) is 14.4. The first-order chi connectivity index (χ1) is 11.8. The number of ether oxygens (including phenoxy) is 3. The second kappa shape index (κ2) is 8.12. The van der Waals surface area contributed by atoms with Crippen LogP contribution in [0.15, 0.2) is 0 Å². The van der Waals surface area contributed by atoms with Gasteiger partial charge in [0.1, 0.15) is 12.2 Å². The summed E-state index contributed by atoms with van der Waals surface area (Å²) in [6.07, 6.45) is -4.49. The minimum Gasteiger partial charge on any atom is -0.411 e. The summed E-state index contributed by atoms with van der Waals surface area (Å²) < 4.78 is 23.9. The largest absolute Gasteiger partial charge is 0.411 e. The molecule has 154 valence electrons. The molecule has 8 heteroatoms.